The number of carbonyl (C=O) groups excluding carboxylic acids is 1. The lowest BCUT2D eigenvalue weighted by Gasteiger charge is -2.13. The smallest absolute Gasteiger partial charge is 0.178 e. The summed E-state index contributed by atoms with van der Waals surface area (Å²) >= 11 is 0. The number of hydrogen-bond acceptors (Lipinski definition) is 5. The number of nitrogen functional groups attached to an aromatic ring is 1. The van der Waals surface area contributed by atoms with Crippen LogP contribution in [0.2, 0.25) is 0 Å². The molecule has 2 aromatic carbocycles. The summed E-state index contributed by atoms with van der Waals surface area (Å²) in [5.41, 5.74) is 7.43. The van der Waals surface area contributed by atoms with Gasteiger partial charge in [0.25, 0.3) is 0 Å². The van der Waals surface area contributed by atoms with Crippen molar-refractivity contribution in [3.63, 3.8) is 0 Å². The molecule has 0 atom stereocenters. The average Bonchev–Trinajstić information content (AvgIpc) is 2.47. The Morgan fingerprint density at radius 2 is 2.00 bits per heavy atom. The Labute approximate surface area is 115 Å². The number of phenolic OH excluding ortho intramolecular Hbond substituents is 1. The zero-order chi connectivity index (χ0) is 14.7. The number of anilines is 1. The van der Waals surface area contributed by atoms with Crippen LogP contribution >= 0.6 is 0 Å². The number of aldehydes is 1. The predicted molar refractivity (Wildman–Crippen MR) is 74.6 cm³/mol. The van der Waals surface area contributed by atoms with E-state index in [-0.39, 0.29) is 22.6 Å². The molecule has 2 rings (SSSR count). The van der Waals surface area contributed by atoms with Crippen LogP contribution in [-0.2, 0) is 0 Å². The summed E-state index contributed by atoms with van der Waals surface area (Å²) in [5.74, 6) is -0.191. The van der Waals surface area contributed by atoms with Crippen molar-refractivity contribution in [2.24, 2.45) is 0 Å². The Morgan fingerprint density at radius 1 is 1.35 bits per heavy atom. The van der Waals surface area contributed by atoms with Crippen LogP contribution in [0.5, 0.6) is 11.5 Å². The molecule has 100 valence electrons. The van der Waals surface area contributed by atoms with Gasteiger partial charge in [-0.15, -0.1) is 0 Å². The minimum absolute atomic E-state index is 0.0462. The quantitative estimate of drug-likeness (QED) is 0.657. The number of methoxy groups -OCH3 is 1. The summed E-state index contributed by atoms with van der Waals surface area (Å²) in [6.07, 6.45) is 0.589. The summed E-state index contributed by atoms with van der Waals surface area (Å²) in [6.45, 7) is 0. The number of nitriles is 1. The highest BCUT2D eigenvalue weighted by atomic mass is 16.5. The van der Waals surface area contributed by atoms with E-state index < -0.39 is 0 Å². The van der Waals surface area contributed by atoms with Gasteiger partial charge in [-0.25, -0.2) is 0 Å². The second kappa shape index (κ2) is 5.33. The predicted octanol–water partition coefficient (Wildman–Crippen LogP) is 2.33. The van der Waals surface area contributed by atoms with Gasteiger partial charge in [0.1, 0.15) is 6.07 Å². The Morgan fingerprint density at radius 3 is 2.50 bits per heavy atom. The molecule has 0 saturated carbocycles. The van der Waals surface area contributed by atoms with E-state index in [1.54, 1.807) is 24.3 Å². The topological polar surface area (TPSA) is 96.3 Å². The fraction of sp³-hybridized carbons (Fsp3) is 0.0667. The van der Waals surface area contributed by atoms with Crippen LogP contribution in [-0.4, -0.2) is 18.5 Å². The van der Waals surface area contributed by atoms with Gasteiger partial charge >= 0.3 is 0 Å². The third kappa shape index (κ3) is 2.15. The van der Waals surface area contributed by atoms with Gasteiger partial charge in [-0.1, -0.05) is 12.1 Å². The van der Waals surface area contributed by atoms with E-state index in [1.165, 1.54) is 13.2 Å². The second-order valence-electron chi connectivity index (χ2n) is 4.12. The molecule has 0 saturated heterocycles. The molecule has 5 heteroatoms. The van der Waals surface area contributed by atoms with E-state index in [9.17, 15) is 9.90 Å². The number of hydrogen-bond donors (Lipinski definition) is 2. The van der Waals surface area contributed by atoms with Crippen molar-refractivity contribution in [2.45, 2.75) is 0 Å². The van der Waals surface area contributed by atoms with Gasteiger partial charge < -0.3 is 15.6 Å². The van der Waals surface area contributed by atoms with Gasteiger partial charge in [0.05, 0.1) is 12.7 Å². The number of benzene rings is 2. The van der Waals surface area contributed by atoms with Crippen LogP contribution in [0, 0.1) is 11.3 Å². The molecule has 2 aromatic rings. The molecule has 0 radical (unpaired) electrons. The fourth-order valence-electron chi connectivity index (χ4n) is 2.01. The minimum atomic E-state index is -0.238. The lowest BCUT2D eigenvalue weighted by molar-refractivity contribution is 0.112. The molecule has 0 spiro atoms. The SMILES string of the molecule is COc1c(C#N)cc(C=O)c(-c2ccc(N)cc2)c1O. The van der Waals surface area contributed by atoms with E-state index in [1.807, 2.05) is 6.07 Å². The van der Waals surface area contributed by atoms with Crippen molar-refractivity contribution >= 4 is 12.0 Å². The van der Waals surface area contributed by atoms with E-state index in [2.05, 4.69) is 0 Å². The van der Waals surface area contributed by atoms with Gasteiger partial charge in [-0.2, -0.15) is 5.26 Å². The molecular weight excluding hydrogens is 256 g/mol. The second-order valence-corrected chi connectivity index (χ2v) is 4.12. The number of nitrogens with zero attached hydrogens (tertiary/aromatic N) is 1. The van der Waals surface area contributed by atoms with Gasteiger partial charge in [0.2, 0.25) is 0 Å². The van der Waals surface area contributed by atoms with Crippen molar-refractivity contribution in [1.29, 1.82) is 5.26 Å². The molecule has 0 amide bonds. The van der Waals surface area contributed by atoms with Gasteiger partial charge in [-0.05, 0) is 23.8 Å². The van der Waals surface area contributed by atoms with E-state index in [4.69, 9.17) is 15.7 Å². The number of phenols is 1. The first-order valence-corrected chi connectivity index (χ1v) is 5.77. The third-order valence-corrected chi connectivity index (χ3v) is 2.94. The molecule has 0 fully saturated rings. The molecule has 0 unspecified atom stereocenters. The molecule has 0 heterocycles. The van der Waals surface area contributed by atoms with Crippen molar-refractivity contribution in [3.05, 3.63) is 41.5 Å². The average molecular weight is 268 g/mol. The Balaban J connectivity index is 2.78. The molecule has 0 bridgehead atoms. The Bertz CT molecular complexity index is 701. The first kappa shape index (κ1) is 13.4. The Hall–Kier alpha value is -3.00. The molecule has 0 aliphatic heterocycles. The molecular formula is C15H12N2O3. The lowest BCUT2D eigenvalue weighted by atomic mass is 9.96. The number of ether oxygens (including phenoxy) is 1. The molecule has 3 N–H and O–H groups in total. The highest BCUT2D eigenvalue weighted by Gasteiger charge is 2.19. The van der Waals surface area contributed by atoms with Crippen LogP contribution < -0.4 is 10.5 Å². The van der Waals surface area contributed by atoms with Crippen LogP contribution in [0.4, 0.5) is 5.69 Å². The van der Waals surface area contributed by atoms with Crippen LogP contribution in [0.15, 0.2) is 30.3 Å². The molecule has 5 nitrogen and oxygen atoms in total. The first-order valence-electron chi connectivity index (χ1n) is 5.77. The summed E-state index contributed by atoms with van der Waals surface area (Å²) < 4.78 is 5.04. The van der Waals surface area contributed by atoms with Crippen molar-refractivity contribution in [1.82, 2.24) is 0 Å². The first-order chi connectivity index (χ1) is 9.62. The lowest BCUT2D eigenvalue weighted by Crippen LogP contribution is -1.96. The maximum absolute atomic E-state index is 11.2. The fourth-order valence-corrected chi connectivity index (χ4v) is 2.01. The van der Waals surface area contributed by atoms with Crippen LogP contribution in [0.3, 0.4) is 0 Å². The summed E-state index contributed by atoms with van der Waals surface area (Å²) in [6, 6.07) is 9.96. The summed E-state index contributed by atoms with van der Waals surface area (Å²) in [7, 11) is 1.35. The van der Waals surface area contributed by atoms with Crippen molar-refractivity contribution in [3.8, 4) is 28.7 Å². The third-order valence-electron chi connectivity index (χ3n) is 2.94. The molecule has 0 aliphatic carbocycles. The summed E-state index contributed by atoms with van der Waals surface area (Å²) in [4.78, 5) is 11.2. The van der Waals surface area contributed by atoms with Gasteiger partial charge in [0, 0.05) is 16.8 Å². The largest absolute Gasteiger partial charge is 0.504 e. The maximum Gasteiger partial charge on any atom is 0.178 e. The standard InChI is InChI=1S/C15H12N2O3/c1-20-15-10(7-16)6-11(8-18)13(14(15)19)9-2-4-12(17)5-3-9/h2-6,8,19H,17H2,1H3. The monoisotopic (exact) mass is 268 g/mol. The van der Waals surface area contributed by atoms with E-state index in [0.717, 1.165) is 0 Å². The molecule has 20 heavy (non-hydrogen) atoms. The van der Waals surface area contributed by atoms with E-state index in [0.29, 0.717) is 23.1 Å². The number of aromatic hydroxyl groups is 1. The van der Waals surface area contributed by atoms with Crippen LogP contribution in [0.1, 0.15) is 15.9 Å². The maximum atomic E-state index is 11.2. The zero-order valence-corrected chi connectivity index (χ0v) is 10.8. The van der Waals surface area contributed by atoms with Gasteiger partial charge in [0.15, 0.2) is 17.8 Å². The highest BCUT2D eigenvalue weighted by Crippen LogP contribution is 2.41. The summed E-state index contributed by atoms with van der Waals surface area (Å²) in [5, 5.41) is 19.3. The number of carbonyl (C=O) groups is 1. The van der Waals surface area contributed by atoms with Gasteiger partial charge in [-0.3, -0.25) is 4.79 Å². The zero-order valence-electron chi connectivity index (χ0n) is 10.8. The number of rotatable bonds is 3. The number of nitrogens with two attached hydrogens (primary N) is 1. The van der Waals surface area contributed by atoms with Crippen LogP contribution in [0.25, 0.3) is 11.1 Å². The highest BCUT2D eigenvalue weighted by molar-refractivity contribution is 5.93. The molecule has 0 aromatic heterocycles. The van der Waals surface area contributed by atoms with E-state index >= 15 is 0 Å². The van der Waals surface area contributed by atoms with Crippen molar-refractivity contribution < 1.29 is 14.6 Å². The minimum Gasteiger partial charge on any atom is -0.504 e. The molecule has 0 aliphatic rings. The Kier molecular flexibility index (Phi) is 3.58. The normalized spacial score (nSPS) is 9.80. The van der Waals surface area contributed by atoms with Crippen molar-refractivity contribution in [2.75, 3.05) is 12.8 Å².